The number of nitrogens with zero attached hydrogens (tertiary/aromatic N) is 2. The molecule has 7 nitrogen and oxygen atoms in total. The SMILES string of the molecule is CCOc1cc(/C(O)=C2/C(=O)C(=O)N(c3ccc(N(C)C)cc3)C2c2ccc(C)o2)ccc1Cl. The summed E-state index contributed by atoms with van der Waals surface area (Å²) >= 11 is 6.19. The molecule has 1 unspecified atom stereocenters. The zero-order chi connectivity index (χ0) is 24.6. The van der Waals surface area contributed by atoms with E-state index < -0.39 is 17.7 Å². The maximum absolute atomic E-state index is 13.2. The number of anilines is 2. The number of furan rings is 1. The van der Waals surface area contributed by atoms with Gasteiger partial charge in [-0.1, -0.05) is 11.6 Å². The smallest absolute Gasteiger partial charge is 0.300 e. The lowest BCUT2D eigenvalue weighted by atomic mass is 9.99. The van der Waals surface area contributed by atoms with Gasteiger partial charge in [0.1, 0.15) is 29.1 Å². The van der Waals surface area contributed by atoms with Crippen LogP contribution in [0.2, 0.25) is 5.02 Å². The summed E-state index contributed by atoms with van der Waals surface area (Å²) in [6.45, 7) is 3.97. The Hall–Kier alpha value is -3.71. The minimum atomic E-state index is -0.940. The molecule has 0 radical (unpaired) electrons. The van der Waals surface area contributed by atoms with Crippen molar-refractivity contribution in [3.8, 4) is 5.75 Å². The molecule has 0 aliphatic carbocycles. The predicted molar refractivity (Wildman–Crippen MR) is 132 cm³/mol. The fraction of sp³-hybridized carbons (Fsp3) is 0.231. The van der Waals surface area contributed by atoms with Crippen LogP contribution in [0.4, 0.5) is 11.4 Å². The van der Waals surface area contributed by atoms with Gasteiger partial charge in [-0.25, -0.2) is 0 Å². The number of aliphatic hydroxyl groups is 1. The number of Topliss-reactive ketones (excluding diaryl/α,β-unsaturated/α-hetero) is 1. The van der Waals surface area contributed by atoms with Crippen molar-refractivity contribution in [1.29, 1.82) is 0 Å². The van der Waals surface area contributed by atoms with Crippen LogP contribution in [0.5, 0.6) is 5.75 Å². The number of aliphatic hydroxyl groups excluding tert-OH is 1. The fourth-order valence-electron chi connectivity index (χ4n) is 3.95. The number of hydrogen-bond donors (Lipinski definition) is 1. The number of amides is 1. The van der Waals surface area contributed by atoms with Crippen molar-refractivity contribution in [1.82, 2.24) is 0 Å². The first-order valence-corrected chi connectivity index (χ1v) is 11.2. The fourth-order valence-corrected chi connectivity index (χ4v) is 4.12. The van der Waals surface area contributed by atoms with Gasteiger partial charge in [-0.3, -0.25) is 14.5 Å². The molecule has 176 valence electrons. The first-order chi connectivity index (χ1) is 16.2. The van der Waals surface area contributed by atoms with E-state index >= 15 is 0 Å². The van der Waals surface area contributed by atoms with Crippen molar-refractivity contribution in [3.63, 3.8) is 0 Å². The second-order valence-electron chi connectivity index (χ2n) is 8.11. The van der Waals surface area contributed by atoms with E-state index in [1.54, 1.807) is 49.4 Å². The van der Waals surface area contributed by atoms with Gasteiger partial charge in [-0.05, 0) is 68.4 Å². The van der Waals surface area contributed by atoms with E-state index in [2.05, 4.69) is 0 Å². The normalized spacial score (nSPS) is 17.3. The summed E-state index contributed by atoms with van der Waals surface area (Å²) < 4.78 is 11.4. The van der Waals surface area contributed by atoms with E-state index in [0.29, 0.717) is 40.2 Å². The van der Waals surface area contributed by atoms with Crippen LogP contribution in [-0.2, 0) is 9.59 Å². The van der Waals surface area contributed by atoms with Gasteiger partial charge in [0.15, 0.2) is 0 Å². The van der Waals surface area contributed by atoms with E-state index in [0.717, 1.165) is 5.69 Å². The standard InChI is InChI=1S/C26H25ClN2O5/c1-5-33-21-14-16(7-12-19(21)27)24(30)22-23(20-13-6-15(2)34-20)29(26(32)25(22)31)18-10-8-17(9-11-18)28(3)4/h6-14,23,30H,5H2,1-4H3/b24-22-. The monoisotopic (exact) mass is 480 g/mol. The van der Waals surface area contributed by atoms with Crippen LogP contribution in [0.3, 0.4) is 0 Å². The number of rotatable bonds is 6. The number of carbonyl (C=O) groups is 2. The lowest BCUT2D eigenvalue weighted by Crippen LogP contribution is -2.29. The number of benzene rings is 2. The van der Waals surface area contributed by atoms with Crippen LogP contribution in [0, 0.1) is 6.92 Å². The lowest BCUT2D eigenvalue weighted by molar-refractivity contribution is -0.132. The summed E-state index contributed by atoms with van der Waals surface area (Å²) in [5.74, 6) is -0.532. The van der Waals surface area contributed by atoms with Gasteiger partial charge in [-0.15, -0.1) is 0 Å². The molecule has 1 aliphatic heterocycles. The number of halogens is 1. The number of ether oxygens (including phenoxy) is 1. The maximum Gasteiger partial charge on any atom is 0.300 e. The highest BCUT2D eigenvalue weighted by molar-refractivity contribution is 6.51. The van der Waals surface area contributed by atoms with E-state index in [1.165, 1.54) is 4.90 Å². The number of aryl methyl sites for hydroxylation is 1. The summed E-state index contributed by atoms with van der Waals surface area (Å²) in [5, 5.41) is 11.6. The Morgan fingerprint density at radius 3 is 2.41 bits per heavy atom. The highest BCUT2D eigenvalue weighted by atomic mass is 35.5. The molecule has 2 heterocycles. The van der Waals surface area contributed by atoms with Crippen LogP contribution in [0.15, 0.2) is 64.6 Å². The molecule has 0 saturated carbocycles. The number of carbonyl (C=O) groups excluding carboxylic acids is 2. The van der Waals surface area contributed by atoms with E-state index in [1.807, 2.05) is 38.1 Å². The second kappa shape index (κ2) is 9.27. The van der Waals surface area contributed by atoms with Gasteiger partial charge in [0.05, 0.1) is 17.2 Å². The Bertz CT molecular complexity index is 1280. The molecule has 0 bridgehead atoms. The van der Waals surface area contributed by atoms with E-state index in [-0.39, 0.29) is 11.3 Å². The third-order valence-electron chi connectivity index (χ3n) is 5.62. The molecule has 0 spiro atoms. The van der Waals surface area contributed by atoms with Crippen molar-refractivity contribution in [2.45, 2.75) is 19.9 Å². The van der Waals surface area contributed by atoms with Gasteiger partial charge in [0.25, 0.3) is 11.7 Å². The average Bonchev–Trinajstić information content (AvgIpc) is 3.35. The molecule has 1 aliphatic rings. The molecular formula is C26H25ClN2O5. The van der Waals surface area contributed by atoms with Crippen molar-refractivity contribution in [2.24, 2.45) is 0 Å². The molecule has 1 aromatic heterocycles. The molecule has 1 N–H and O–H groups in total. The van der Waals surface area contributed by atoms with Crippen LogP contribution in [0.25, 0.3) is 5.76 Å². The minimum Gasteiger partial charge on any atom is -0.507 e. The zero-order valence-corrected chi connectivity index (χ0v) is 20.1. The molecule has 34 heavy (non-hydrogen) atoms. The number of ketones is 1. The molecule has 1 amide bonds. The Kier molecular flexibility index (Phi) is 6.39. The molecule has 4 rings (SSSR count). The van der Waals surface area contributed by atoms with Crippen molar-refractivity contribution >= 4 is 40.4 Å². The van der Waals surface area contributed by atoms with Gasteiger partial charge >= 0.3 is 0 Å². The average molecular weight is 481 g/mol. The summed E-state index contributed by atoms with van der Waals surface area (Å²) in [5.41, 5.74) is 1.69. The summed E-state index contributed by atoms with van der Waals surface area (Å²) in [7, 11) is 3.82. The van der Waals surface area contributed by atoms with Crippen LogP contribution in [0.1, 0.15) is 30.0 Å². The molecule has 8 heteroatoms. The number of hydrogen-bond acceptors (Lipinski definition) is 6. The molecular weight excluding hydrogens is 456 g/mol. The summed E-state index contributed by atoms with van der Waals surface area (Å²) in [6.07, 6.45) is 0. The predicted octanol–water partition coefficient (Wildman–Crippen LogP) is 5.33. The lowest BCUT2D eigenvalue weighted by Gasteiger charge is -2.24. The minimum absolute atomic E-state index is 0.0687. The van der Waals surface area contributed by atoms with Crippen LogP contribution >= 0.6 is 11.6 Å². The van der Waals surface area contributed by atoms with Crippen molar-refractivity contribution in [2.75, 3.05) is 30.5 Å². The highest BCUT2D eigenvalue weighted by Gasteiger charge is 2.48. The van der Waals surface area contributed by atoms with E-state index in [9.17, 15) is 14.7 Å². The Morgan fingerprint density at radius 1 is 1.12 bits per heavy atom. The Balaban J connectivity index is 1.88. The van der Waals surface area contributed by atoms with Gasteiger partial charge < -0.3 is 19.2 Å². The topological polar surface area (TPSA) is 83.2 Å². The third kappa shape index (κ3) is 4.15. The summed E-state index contributed by atoms with van der Waals surface area (Å²) in [6, 6.07) is 14.4. The van der Waals surface area contributed by atoms with Gasteiger partial charge in [-0.2, -0.15) is 0 Å². The Labute approximate surface area is 202 Å². The highest BCUT2D eigenvalue weighted by Crippen LogP contribution is 2.43. The first-order valence-electron chi connectivity index (χ1n) is 10.8. The quantitative estimate of drug-likeness (QED) is 0.291. The third-order valence-corrected chi connectivity index (χ3v) is 5.94. The van der Waals surface area contributed by atoms with Crippen LogP contribution in [-0.4, -0.2) is 37.5 Å². The summed E-state index contributed by atoms with van der Waals surface area (Å²) in [4.78, 5) is 29.7. The van der Waals surface area contributed by atoms with Gasteiger partial charge in [0.2, 0.25) is 0 Å². The molecule has 3 aromatic rings. The van der Waals surface area contributed by atoms with Crippen LogP contribution < -0.4 is 14.5 Å². The second-order valence-corrected chi connectivity index (χ2v) is 8.51. The van der Waals surface area contributed by atoms with Crippen molar-refractivity contribution < 1.29 is 23.8 Å². The largest absolute Gasteiger partial charge is 0.507 e. The molecule has 1 atom stereocenters. The zero-order valence-electron chi connectivity index (χ0n) is 19.3. The van der Waals surface area contributed by atoms with Crippen molar-refractivity contribution in [3.05, 3.63) is 82.3 Å². The first kappa shape index (κ1) is 23.4. The molecule has 2 aromatic carbocycles. The molecule has 1 fully saturated rings. The Morgan fingerprint density at radius 2 is 1.82 bits per heavy atom. The van der Waals surface area contributed by atoms with Gasteiger partial charge in [0, 0.05) is 31.0 Å². The van der Waals surface area contributed by atoms with E-state index in [4.69, 9.17) is 20.8 Å². The molecule has 1 saturated heterocycles. The maximum atomic E-state index is 13.2.